The molecule has 4 atom stereocenters. The van der Waals surface area contributed by atoms with E-state index in [4.69, 9.17) is 9.47 Å². The number of aliphatic hydroxyl groups is 1. The van der Waals surface area contributed by atoms with Crippen LogP contribution in [0.2, 0.25) is 0 Å². The van der Waals surface area contributed by atoms with Crippen LogP contribution in [0.4, 0.5) is 5.69 Å². The molecule has 1 saturated heterocycles. The average molecular weight is 664 g/mol. The number of anilines is 1. The summed E-state index contributed by atoms with van der Waals surface area (Å²) in [6.45, 7) is 6.60. The Bertz CT molecular complexity index is 1540. The molecule has 1 fully saturated rings. The third-order valence-corrected chi connectivity index (χ3v) is 8.98. The molecular formula is C41H49N3O5. The Labute approximate surface area is 290 Å². The maximum atomic E-state index is 12.6. The first-order chi connectivity index (χ1) is 23.9. The van der Waals surface area contributed by atoms with Crippen LogP contribution in [0.15, 0.2) is 109 Å². The largest absolute Gasteiger partial charge is 0.392 e. The van der Waals surface area contributed by atoms with E-state index in [0.717, 1.165) is 54.7 Å². The average Bonchev–Trinajstić information content (AvgIpc) is 3.12. The van der Waals surface area contributed by atoms with Crippen molar-refractivity contribution in [2.45, 2.75) is 77.7 Å². The van der Waals surface area contributed by atoms with Gasteiger partial charge in [-0.2, -0.15) is 0 Å². The summed E-state index contributed by atoms with van der Waals surface area (Å²) in [7, 11) is 0. The van der Waals surface area contributed by atoms with Gasteiger partial charge in [0.1, 0.15) is 0 Å². The fourth-order valence-electron chi connectivity index (χ4n) is 6.25. The van der Waals surface area contributed by atoms with Crippen LogP contribution in [0, 0.1) is 5.92 Å². The lowest BCUT2D eigenvalue weighted by molar-refractivity contribution is -0.276. The Morgan fingerprint density at radius 1 is 0.735 bits per heavy atom. The Morgan fingerprint density at radius 3 is 1.94 bits per heavy atom. The first-order valence-electron chi connectivity index (χ1n) is 17.3. The van der Waals surface area contributed by atoms with Crippen LogP contribution in [-0.4, -0.2) is 41.0 Å². The normalized spacial score (nSPS) is 19.0. The second-order valence-electron chi connectivity index (χ2n) is 12.9. The van der Waals surface area contributed by atoms with Gasteiger partial charge in [0.05, 0.1) is 18.8 Å². The molecule has 2 amide bonds. The third kappa shape index (κ3) is 11.1. The van der Waals surface area contributed by atoms with E-state index in [1.165, 1.54) is 18.1 Å². The third-order valence-electron chi connectivity index (χ3n) is 8.98. The smallest absolute Gasteiger partial charge is 0.224 e. The Balaban J connectivity index is 1.30. The first-order valence-corrected chi connectivity index (χ1v) is 17.3. The lowest BCUT2D eigenvalue weighted by Gasteiger charge is -2.43. The summed E-state index contributed by atoms with van der Waals surface area (Å²) in [5.41, 5.74) is 5.99. The van der Waals surface area contributed by atoms with Crippen molar-refractivity contribution in [3.05, 3.63) is 137 Å². The molecule has 1 heterocycles. The van der Waals surface area contributed by atoms with Crippen molar-refractivity contribution in [2.75, 3.05) is 18.4 Å². The number of rotatable bonds is 16. The van der Waals surface area contributed by atoms with Crippen LogP contribution >= 0.6 is 0 Å². The minimum atomic E-state index is -0.604. The molecule has 1 aliphatic rings. The highest BCUT2D eigenvalue weighted by Crippen LogP contribution is 2.42. The fourth-order valence-corrected chi connectivity index (χ4v) is 6.25. The van der Waals surface area contributed by atoms with Crippen molar-refractivity contribution in [1.29, 1.82) is 0 Å². The molecule has 0 radical (unpaired) electrons. The molecule has 8 heteroatoms. The van der Waals surface area contributed by atoms with E-state index >= 15 is 0 Å². The van der Waals surface area contributed by atoms with E-state index in [0.29, 0.717) is 19.5 Å². The number of hydrogen-bond acceptors (Lipinski definition) is 6. The topological polar surface area (TPSA) is 100 Å². The number of amides is 2. The van der Waals surface area contributed by atoms with Gasteiger partial charge in [-0.15, -0.1) is 0 Å². The predicted octanol–water partition coefficient (Wildman–Crippen LogP) is 7.31. The number of carbonyl (C=O) groups excluding carboxylic acids is 2. The number of nitrogens with one attached hydrogen (secondary N) is 2. The summed E-state index contributed by atoms with van der Waals surface area (Å²) in [6, 6.07) is 36.7. The minimum Gasteiger partial charge on any atom is -0.392 e. The number of benzene rings is 4. The predicted molar refractivity (Wildman–Crippen MR) is 192 cm³/mol. The van der Waals surface area contributed by atoms with E-state index in [-0.39, 0.29) is 36.5 Å². The van der Waals surface area contributed by atoms with Crippen LogP contribution < -0.4 is 10.6 Å². The maximum absolute atomic E-state index is 12.6. The summed E-state index contributed by atoms with van der Waals surface area (Å²) in [5.74, 6) is -0.0210. The van der Waals surface area contributed by atoms with Crippen LogP contribution in [0.1, 0.15) is 79.7 Å². The Hall–Kier alpha value is -4.34. The highest BCUT2D eigenvalue weighted by Gasteiger charge is 2.39. The van der Waals surface area contributed by atoms with Gasteiger partial charge in [-0.3, -0.25) is 14.5 Å². The zero-order valence-electron chi connectivity index (χ0n) is 28.6. The molecule has 8 nitrogen and oxygen atoms in total. The molecule has 0 saturated carbocycles. The number of carbonyl (C=O) groups is 2. The van der Waals surface area contributed by atoms with Gasteiger partial charge in [0.25, 0.3) is 0 Å². The van der Waals surface area contributed by atoms with E-state index < -0.39 is 6.29 Å². The summed E-state index contributed by atoms with van der Waals surface area (Å²) < 4.78 is 13.5. The van der Waals surface area contributed by atoms with E-state index in [1.54, 1.807) is 0 Å². The molecule has 5 rings (SSSR count). The Kier molecular flexibility index (Phi) is 13.5. The van der Waals surface area contributed by atoms with Gasteiger partial charge < -0.3 is 25.2 Å². The fraction of sp³-hybridized carbons (Fsp3) is 0.366. The second kappa shape index (κ2) is 18.4. The number of hydrogen-bond donors (Lipinski definition) is 3. The second-order valence-corrected chi connectivity index (χ2v) is 12.9. The zero-order valence-corrected chi connectivity index (χ0v) is 28.6. The summed E-state index contributed by atoms with van der Waals surface area (Å²) >= 11 is 0. The van der Waals surface area contributed by atoms with Gasteiger partial charge in [0, 0.05) is 56.7 Å². The zero-order chi connectivity index (χ0) is 34.4. The van der Waals surface area contributed by atoms with Crippen molar-refractivity contribution in [3.8, 4) is 0 Å². The van der Waals surface area contributed by atoms with Gasteiger partial charge in [-0.1, -0.05) is 110 Å². The van der Waals surface area contributed by atoms with Gasteiger partial charge >= 0.3 is 0 Å². The quantitative estimate of drug-likeness (QED) is 0.109. The summed E-state index contributed by atoms with van der Waals surface area (Å²) in [4.78, 5) is 26.0. The molecule has 1 aliphatic heterocycles. The molecule has 0 spiro atoms. The molecular weight excluding hydrogens is 614 g/mol. The number of ether oxygens (including phenoxy) is 2. The molecule has 0 aliphatic carbocycles. The molecule has 0 bridgehead atoms. The van der Waals surface area contributed by atoms with Crippen LogP contribution in [0.3, 0.4) is 0 Å². The summed E-state index contributed by atoms with van der Waals surface area (Å²) in [6.07, 6.45) is 1.95. The monoisotopic (exact) mass is 663 g/mol. The molecule has 258 valence electrons. The van der Waals surface area contributed by atoms with Gasteiger partial charge in [0.15, 0.2) is 6.29 Å². The number of unbranched alkanes of at least 4 members (excludes halogenated alkanes) is 2. The maximum Gasteiger partial charge on any atom is 0.224 e. The van der Waals surface area contributed by atoms with Crippen molar-refractivity contribution in [1.82, 2.24) is 10.2 Å². The van der Waals surface area contributed by atoms with Crippen molar-refractivity contribution in [2.24, 2.45) is 5.92 Å². The van der Waals surface area contributed by atoms with Crippen LogP contribution in [0.5, 0.6) is 0 Å². The molecule has 0 aromatic heterocycles. The van der Waals surface area contributed by atoms with Crippen LogP contribution in [-0.2, 0) is 38.8 Å². The summed E-state index contributed by atoms with van der Waals surface area (Å²) in [5, 5.41) is 15.4. The van der Waals surface area contributed by atoms with Crippen molar-refractivity contribution < 1.29 is 24.2 Å². The molecule has 4 aromatic carbocycles. The first kappa shape index (κ1) is 36.0. The SMILES string of the molecule is CC(=O)NCCCCCC(=O)Nc1ccc([C@@H]2O[C@H](CN(Cc3ccccc3)Cc3ccccc3)[C@H](C)[C@H](c3ccc(CO)cc3)O2)cc1. The highest BCUT2D eigenvalue weighted by molar-refractivity contribution is 5.90. The molecule has 0 unspecified atom stereocenters. The van der Waals surface area contributed by atoms with Crippen LogP contribution in [0.25, 0.3) is 0 Å². The van der Waals surface area contributed by atoms with E-state index in [1.807, 2.05) is 60.7 Å². The molecule has 3 N–H and O–H groups in total. The highest BCUT2D eigenvalue weighted by atomic mass is 16.7. The minimum absolute atomic E-state index is 0.00879. The lowest BCUT2D eigenvalue weighted by Crippen LogP contribution is -2.44. The Morgan fingerprint density at radius 2 is 1.35 bits per heavy atom. The van der Waals surface area contributed by atoms with E-state index in [2.05, 4.69) is 71.0 Å². The van der Waals surface area contributed by atoms with E-state index in [9.17, 15) is 14.7 Å². The van der Waals surface area contributed by atoms with Gasteiger partial charge in [-0.25, -0.2) is 0 Å². The number of aliphatic hydroxyl groups excluding tert-OH is 1. The van der Waals surface area contributed by atoms with Gasteiger partial charge in [0.2, 0.25) is 11.8 Å². The van der Waals surface area contributed by atoms with Crippen molar-refractivity contribution in [3.63, 3.8) is 0 Å². The van der Waals surface area contributed by atoms with Gasteiger partial charge in [-0.05, 0) is 47.2 Å². The van der Waals surface area contributed by atoms with Crippen molar-refractivity contribution >= 4 is 17.5 Å². The lowest BCUT2D eigenvalue weighted by atomic mass is 9.89. The number of nitrogens with zero attached hydrogens (tertiary/aromatic N) is 1. The molecule has 4 aromatic rings. The standard InChI is InChI=1S/C41H49N3O5/c1-30-38(28-44(26-32-12-6-3-7-13-32)27-33-14-8-4-9-15-33)48-41(49-40(30)35-19-17-34(29-45)18-20-35)36-21-23-37(24-22-36)43-39(47)16-10-5-11-25-42-31(2)46/h3-4,6-9,12-15,17-24,30,38,40-41,45H,5,10-11,16,25-29H2,1-2H3,(H,42,46)(H,43,47)/t30-,38+,40+,41+/m0/s1. The molecule has 49 heavy (non-hydrogen) atoms.